The molecule has 6 heteroatoms. The summed E-state index contributed by atoms with van der Waals surface area (Å²) >= 11 is 3.28. The smallest absolute Gasteiger partial charge is 0.207 e. The number of alkyl halides is 1. The first-order chi connectivity index (χ1) is 7.43. The maximum Gasteiger partial charge on any atom is 0.261 e. The Labute approximate surface area is 108 Å². The molecule has 0 fully saturated rings. The molecule has 86 valence electrons. The van der Waals surface area contributed by atoms with Gasteiger partial charge in [0.05, 0.1) is 16.5 Å². The van der Waals surface area contributed by atoms with Crippen LogP contribution in [0.4, 0.5) is 0 Å². The molecule has 0 atom stereocenters. The van der Waals surface area contributed by atoms with Crippen molar-refractivity contribution in [1.29, 1.82) is 5.26 Å². The lowest BCUT2D eigenvalue weighted by atomic mass is 10.0. The van der Waals surface area contributed by atoms with Gasteiger partial charge in [0.2, 0.25) is 0 Å². The summed E-state index contributed by atoms with van der Waals surface area (Å²) in [4.78, 5) is -0.0210. The minimum Gasteiger partial charge on any atom is -0.207 e. The molecule has 0 aliphatic rings. The Balaban J connectivity index is 3.58. The van der Waals surface area contributed by atoms with Crippen LogP contribution in [0.5, 0.6) is 0 Å². The third kappa shape index (κ3) is 2.76. The van der Waals surface area contributed by atoms with Gasteiger partial charge in [0.25, 0.3) is 9.05 Å². The lowest BCUT2D eigenvalue weighted by molar-refractivity contribution is 0.609. The molecule has 16 heavy (non-hydrogen) atoms. The van der Waals surface area contributed by atoms with Gasteiger partial charge >= 0.3 is 0 Å². The average molecular weight is 323 g/mol. The summed E-state index contributed by atoms with van der Waals surface area (Å²) in [6.45, 7) is 1.90. The fraction of sp³-hybridized carbons (Fsp3) is 0.300. The van der Waals surface area contributed by atoms with Crippen molar-refractivity contribution in [2.75, 3.05) is 0 Å². The van der Waals surface area contributed by atoms with E-state index in [1.165, 1.54) is 12.1 Å². The molecular formula is C10H9BrClNO2S. The van der Waals surface area contributed by atoms with E-state index in [0.717, 1.165) is 11.1 Å². The lowest BCUT2D eigenvalue weighted by Gasteiger charge is -2.09. The molecule has 0 amide bonds. The highest BCUT2D eigenvalue weighted by molar-refractivity contribution is 9.08. The molecule has 1 rings (SSSR count). The summed E-state index contributed by atoms with van der Waals surface area (Å²) in [5, 5.41) is 9.47. The van der Waals surface area contributed by atoms with Crippen molar-refractivity contribution in [2.24, 2.45) is 0 Å². The van der Waals surface area contributed by atoms with Crippen LogP contribution in [-0.4, -0.2) is 8.42 Å². The molecule has 0 aliphatic heterocycles. The normalized spacial score (nSPS) is 11.1. The summed E-state index contributed by atoms with van der Waals surface area (Å²) in [6.07, 6.45) is 0.649. The van der Waals surface area contributed by atoms with Gasteiger partial charge in [0, 0.05) is 16.0 Å². The molecule has 1 aromatic carbocycles. The molecule has 0 bridgehead atoms. The summed E-state index contributed by atoms with van der Waals surface area (Å²) in [5.74, 6) is 0. The number of halogens is 2. The highest BCUT2D eigenvalue weighted by Gasteiger charge is 2.16. The zero-order valence-corrected chi connectivity index (χ0v) is 11.7. The third-order valence-corrected chi connectivity index (χ3v) is 4.13. The maximum absolute atomic E-state index is 11.2. The number of benzene rings is 1. The first-order valence-electron chi connectivity index (χ1n) is 4.50. The maximum atomic E-state index is 11.2. The van der Waals surface area contributed by atoms with Gasteiger partial charge in [-0.15, -0.1) is 0 Å². The van der Waals surface area contributed by atoms with Crippen molar-refractivity contribution in [3.8, 4) is 6.07 Å². The minimum atomic E-state index is -3.79. The van der Waals surface area contributed by atoms with E-state index >= 15 is 0 Å². The van der Waals surface area contributed by atoms with Gasteiger partial charge in [-0.25, -0.2) is 8.42 Å². The van der Waals surface area contributed by atoms with Crippen molar-refractivity contribution in [2.45, 2.75) is 23.6 Å². The van der Waals surface area contributed by atoms with Crippen molar-refractivity contribution >= 4 is 35.7 Å². The Morgan fingerprint density at radius 2 is 2.12 bits per heavy atom. The summed E-state index contributed by atoms with van der Waals surface area (Å²) in [7, 11) is 1.48. The van der Waals surface area contributed by atoms with E-state index in [0.29, 0.717) is 17.3 Å². The number of hydrogen-bond acceptors (Lipinski definition) is 3. The van der Waals surface area contributed by atoms with Crippen molar-refractivity contribution in [3.63, 3.8) is 0 Å². The molecule has 3 nitrogen and oxygen atoms in total. The number of hydrogen-bond donors (Lipinski definition) is 0. The lowest BCUT2D eigenvalue weighted by Crippen LogP contribution is -2.00. The van der Waals surface area contributed by atoms with Gasteiger partial charge in [-0.1, -0.05) is 22.9 Å². The number of nitriles is 1. The molecule has 0 saturated heterocycles. The second-order valence-corrected chi connectivity index (χ2v) is 6.27. The molecule has 0 heterocycles. The van der Waals surface area contributed by atoms with Crippen LogP contribution >= 0.6 is 26.6 Å². The fourth-order valence-corrected chi connectivity index (χ4v) is 2.89. The van der Waals surface area contributed by atoms with E-state index in [2.05, 4.69) is 15.9 Å². The first-order valence-corrected chi connectivity index (χ1v) is 7.93. The van der Waals surface area contributed by atoms with Crippen LogP contribution in [0.2, 0.25) is 0 Å². The van der Waals surface area contributed by atoms with Crippen LogP contribution in [0, 0.1) is 11.3 Å². The summed E-state index contributed by atoms with van der Waals surface area (Å²) < 4.78 is 22.4. The van der Waals surface area contributed by atoms with Gasteiger partial charge in [-0.05, 0) is 29.7 Å². The molecule has 0 radical (unpaired) electrons. The van der Waals surface area contributed by atoms with Crippen LogP contribution in [-0.2, 0) is 20.8 Å². The van der Waals surface area contributed by atoms with E-state index < -0.39 is 9.05 Å². The van der Waals surface area contributed by atoms with Gasteiger partial charge < -0.3 is 0 Å². The summed E-state index contributed by atoms with van der Waals surface area (Å²) in [6, 6.07) is 4.80. The van der Waals surface area contributed by atoms with E-state index in [9.17, 15) is 8.42 Å². The number of rotatable bonds is 3. The predicted octanol–water partition coefficient (Wildman–Crippen LogP) is 2.94. The Morgan fingerprint density at radius 1 is 1.50 bits per heavy atom. The van der Waals surface area contributed by atoms with E-state index in [1.54, 1.807) is 0 Å². The zero-order valence-electron chi connectivity index (χ0n) is 8.50. The topological polar surface area (TPSA) is 57.9 Å². The van der Waals surface area contributed by atoms with Gasteiger partial charge in [-0.3, -0.25) is 0 Å². The third-order valence-electron chi connectivity index (χ3n) is 2.23. The molecule has 0 unspecified atom stereocenters. The highest BCUT2D eigenvalue weighted by Crippen LogP contribution is 2.25. The van der Waals surface area contributed by atoms with Crippen molar-refractivity contribution in [1.82, 2.24) is 0 Å². The van der Waals surface area contributed by atoms with Crippen molar-refractivity contribution < 1.29 is 8.42 Å². The molecule has 1 aromatic rings. The molecule has 0 N–H and O–H groups in total. The Kier molecular flexibility index (Phi) is 4.36. The molecule has 0 spiro atoms. The van der Waals surface area contributed by atoms with E-state index in [4.69, 9.17) is 15.9 Å². The van der Waals surface area contributed by atoms with Crippen LogP contribution in [0.3, 0.4) is 0 Å². The minimum absolute atomic E-state index is 0.0210. The molecule has 0 saturated carbocycles. The number of aryl methyl sites for hydroxylation is 1. The quantitative estimate of drug-likeness (QED) is 0.635. The second-order valence-electron chi connectivity index (χ2n) is 3.15. The van der Waals surface area contributed by atoms with Gasteiger partial charge in [0.15, 0.2) is 0 Å². The predicted molar refractivity (Wildman–Crippen MR) is 66.2 cm³/mol. The van der Waals surface area contributed by atoms with E-state index in [-0.39, 0.29) is 4.90 Å². The molecule has 0 aromatic heterocycles. The van der Waals surface area contributed by atoms with Crippen LogP contribution in [0.25, 0.3) is 0 Å². The Morgan fingerprint density at radius 3 is 2.50 bits per heavy atom. The Bertz CT molecular complexity index is 549. The zero-order chi connectivity index (χ0) is 12.3. The summed E-state index contributed by atoms with van der Waals surface area (Å²) in [5.41, 5.74) is 1.97. The standard InChI is InChI=1S/C10H9BrClNO2S/c1-2-7-3-9(16(12,14)15)4-8(6-13)10(7)5-11/h3-4H,2,5H2,1H3. The highest BCUT2D eigenvalue weighted by atomic mass is 79.9. The van der Waals surface area contributed by atoms with Gasteiger partial charge in [0.1, 0.15) is 0 Å². The second kappa shape index (κ2) is 5.17. The number of nitrogens with zero attached hydrogens (tertiary/aromatic N) is 1. The fourth-order valence-electron chi connectivity index (χ4n) is 1.42. The largest absolute Gasteiger partial charge is 0.261 e. The molecule has 0 aliphatic carbocycles. The van der Waals surface area contributed by atoms with E-state index in [1.807, 2.05) is 13.0 Å². The molecular weight excluding hydrogens is 314 g/mol. The van der Waals surface area contributed by atoms with Gasteiger partial charge in [-0.2, -0.15) is 5.26 Å². The van der Waals surface area contributed by atoms with Crippen molar-refractivity contribution in [3.05, 3.63) is 28.8 Å². The first kappa shape index (κ1) is 13.5. The van der Waals surface area contributed by atoms with Crippen LogP contribution in [0.1, 0.15) is 23.6 Å². The SMILES string of the molecule is CCc1cc(S(=O)(=O)Cl)cc(C#N)c1CBr. The Hall–Kier alpha value is -0.570. The monoisotopic (exact) mass is 321 g/mol. The average Bonchev–Trinajstić information content (AvgIpc) is 2.25. The van der Waals surface area contributed by atoms with Crippen LogP contribution in [0.15, 0.2) is 17.0 Å². The van der Waals surface area contributed by atoms with Crippen LogP contribution < -0.4 is 0 Å².